The van der Waals surface area contributed by atoms with Gasteiger partial charge >= 0.3 is 0 Å². The van der Waals surface area contributed by atoms with E-state index in [1.807, 2.05) is 0 Å². The summed E-state index contributed by atoms with van der Waals surface area (Å²) in [5.41, 5.74) is 10.5. The van der Waals surface area contributed by atoms with E-state index in [1.54, 1.807) is 14.2 Å². The topological polar surface area (TPSA) is 28.8 Å². The van der Waals surface area contributed by atoms with Crippen molar-refractivity contribution >= 4 is 33.2 Å². The van der Waals surface area contributed by atoms with E-state index in [4.69, 9.17) is 9.47 Å². The predicted octanol–water partition coefficient (Wildman–Crippen LogP) is 2.56. The number of methoxy groups -OCH3 is 2. The standard InChI is InChI=1S/C29H36N3O2.BrH/c1-17-11-18(2)26(19(3)12-17)29-27-22(13-20(30(4)5)15-24(27)33-9)32(8)23-14-21(31(6)7)16-25(34-10)28(23)29;/h11-16H,1-10H3;1H/q+1;/p-1. The van der Waals surface area contributed by atoms with E-state index in [2.05, 4.69) is 107 Å². The fourth-order valence-corrected chi connectivity index (χ4v) is 5.12. The van der Waals surface area contributed by atoms with Crippen LogP contribution in [-0.2, 0) is 7.05 Å². The van der Waals surface area contributed by atoms with Crippen molar-refractivity contribution in [1.29, 1.82) is 0 Å². The fraction of sp³-hybridized carbons (Fsp3) is 0.345. The van der Waals surface area contributed by atoms with Crippen molar-refractivity contribution in [2.75, 3.05) is 52.2 Å². The van der Waals surface area contributed by atoms with Crippen LogP contribution in [0.25, 0.3) is 32.9 Å². The van der Waals surface area contributed by atoms with Gasteiger partial charge in [-0.3, -0.25) is 0 Å². The first-order valence-electron chi connectivity index (χ1n) is 11.6. The molecule has 0 aliphatic carbocycles. The first-order chi connectivity index (χ1) is 16.1. The largest absolute Gasteiger partial charge is 1.00 e. The van der Waals surface area contributed by atoms with Crippen molar-refractivity contribution in [2.24, 2.45) is 7.05 Å². The third-order valence-corrected chi connectivity index (χ3v) is 6.75. The molecule has 0 saturated heterocycles. The van der Waals surface area contributed by atoms with Gasteiger partial charge in [0, 0.05) is 69.4 Å². The maximum atomic E-state index is 6.03. The van der Waals surface area contributed by atoms with Gasteiger partial charge in [0.05, 0.1) is 25.0 Å². The highest BCUT2D eigenvalue weighted by Gasteiger charge is 2.28. The number of nitrogens with zero attached hydrogens (tertiary/aromatic N) is 3. The van der Waals surface area contributed by atoms with Crippen molar-refractivity contribution in [1.82, 2.24) is 0 Å². The molecule has 0 bridgehead atoms. The molecule has 6 heteroatoms. The Bertz CT molecular complexity index is 1330. The maximum absolute atomic E-state index is 6.03. The summed E-state index contributed by atoms with van der Waals surface area (Å²) in [5, 5.41) is 2.18. The monoisotopic (exact) mass is 537 g/mol. The van der Waals surface area contributed by atoms with Crippen LogP contribution in [0.5, 0.6) is 11.5 Å². The molecule has 0 aliphatic rings. The fourth-order valence-electron chi connectivity index (χ4n) is 5.12. The van der Waals surface area contributed by atoms with E-state index in [-0.39, 0.29) is 17.0 Å². The second-order valence-corrected chi connectivity index (χ2v) is 9.58. The molecule has 0 atom stereocenters. The number of pyridine rings is 1. The van der Waals surface area contributed by atoms with Crippen LogP contribution < -0.4 is 40.8 Å². The zero-order valence-corrected chi connectivity index (χ0v) is 24.1. The van der Waals surface area contributed by atoms with Crippen molar-refractivity contribution in [3.63, 3.8) is 0 Å². The van der Waals surface area contributed by atoms with E-state index in [9.17, 15) is 0 Å². The Morgan fingerprint density at radius 3 is 1.37 bits per heavy atom. The second-order valence-electron chi connectivity index (χ2n) is 9.58. The first kappa shape index (κ1) is 26.6. The minimum atomic E-state index is 0. The predicted molar refractivity (Wildman–Crippen MR) is 144 cm³/mol. The molecule has 3 aromatic carbocycles. The Balaban J connectivity index is 0.00000342. The number of hydrogen-bond acceptors (Lipinski definition) is 4. The van der Waals surface area contributed by atoms with Gasteiger partial charge in [0.15, 0.2) is 0 Å². The Hall–Kier alpha value is -2.99. The summed E-state index contributed by atoms with van der Waals surface area (Å²) in [5.74, 6) is 1.71. The Labute approximate surface area is 219 Å². The smallest absolute Gasteiger partial charge is 0.219 e. The van der Waals surface area contributed by atoms with Gasteiger partial charge in [0.2, 0.25) is 11.0 Å². The number of benzene rings is 3. The minimum Gasteiger partial charge on any atom is -1.00 e. The molecule has 1 aromatic heterocycles. The van der Waals surface area contributed by atoms with Crippen LogP contribution in [0.1, 0.15) is 16.7 Å². The van der Waals surface area contributed by atoms with Gasteiger partial charge in [0.25, 0.3) is 0 Å². The van der Waals surface area contributed by atoms with Crippen LogP contribution in [0.15, 0.2) is 36.4 Å². The van der Waals surface area contributed by atoms with Crippen LogP contribution in [-0.4, -0.2) is 42.4 Å². The molecule has 4 rings (SSSR count). The Kier molecular flexibility index (Phi) is 7.56. The molecule has 0 aliphatic heterocycles. The van der Waals surface area contributed by atoms with Crippen molar-refractivity contribution in [3.8, 4) is 22.6 Å². The molecular formula is C29H36BrN3O2. The lowest BCUT2D eigenvalue weighted by Crippen LogP contribution is -3.00. The normalized spacial score (nSPS) is 10.9. The van der Waals surface area contributed by atoms with Crippen LogP contribution in [0, 0.1) is 20.8 Å². The van der Waals surface area contributed by atoms with E-state index >= 15 is 0 Å². The molecular weight excluding hydrogens is 502 g/mol. The maximum Gasteiger partial charge on any atom is 0.219 e. The van der Waals surface area contributed by atoms with Gasteiger partial charge in [0.1, 0.15) is 18.5 Å². The molecule has 0 unspecified atom stereocenters. The lowest BCUT2D eigenvalue weighted by Gasteiger charge is -2.22. The molecule has 0 amide bonds. The number of hydrogen-bond donors (Lipinski definition) is 0. The number of anilines is 2. The molecule has 0 N–H and O–H groups in total. The van der Waals surface area contributed by atoms with Gasteiger partial charge in [-0.05, 0) is 37.5 Å². The molecule has 0 radical (unpaired) electrons. The molecule has 5 nitrogen and oxygen atoms in total. The lowest BCUT2D eigenvalue weighted by molar-refractivity contribution is -0.617. The highest BCUT2D eigenvalue weighted by atomic mass is 79.9. The van der Waals surface area contributed by atoms with Gasteiger partial charge in [-0.2, -0.15) is 4.57 Å². The number of aromatic nitrogens is 1. The number of halogens is 1. The van der Waals surface area contributed by atoms with E-state index in [0.29, 0.717) is 0 Å². The highest BCUT2D eigenvalue weighted by Crippen LogP contribution is 2.46. The summed E-state index contributed by atoms with van der Waals surface area (Å²) in [4.78, 5) is 4.23. The summed E-state index contributed by atoms with van der Waals surface area (Å²) in [6, 6.07) is 13.2. The van der Waals surface area contributed by atoms with Crippen LogP contribution in [0.4, 0.5) is 11.4 Å². The second kappa shape index (κ2) is 9.94. The first-order valence-corrected chi connectivity index (χ1v) is 11.6. The number of rotatable bonds is 5. The number of ether oxygens (including phenoxy) is 2. The van der Waals surface area contributed by atoms with Crippen molar-refractivity contribution in [3.05, 3.63) is 53.1 Å². The van der Waals surface area contributed by atoms with Gasteiger partial charge < -0.3 is 36.3 Å². The molecule has 4 aromatic rings. The van der Waals surface area contributed by atoms with Crippen molar-refractivity contribution in [2.45, 2.75) is 20.8 Å². The average Bonchev–Trinajstić information content (AvgIpc) is 2.78. The average molecular weight is 539 g/mol. The Morgan fingerprint density at radius 2 is 1.03 bits per heavy atom. The van der Waals surface area contributed by atoms with Crippen LogP contribution in [0.3, 0.4) is 0 Å². The molecule has 35 heavy (non-hydrogen) atoms. The van der Waals surface area contributed by atoms with Crippen molar-refractivity contribution < 1.29 is 31.0 Å². The summed E-state index contributed by atoms with van der Waals surface area (Å²) in [7, 11) is 13.9. The SMILES string of the molecule is COc1cc(N(C)C)cc2c1c(-c1c(C)cc(C)cc1C)c1c(OC)cc(N(C)C)cc1[n+]2C.[Br-]. The lowest BCUT2D eigenvalue weighted by atomic mass is 9.88. The zero-order valence-electron chi connectivity index (χ0n) is 22.5. The third-order valence-electron chi connectivity index (χ3n) is 6.75. The minimum absolute atomic E-state index is 0. The molecule has 0 saturated carbocycles. The summed E-state index contributed by atoms with van der Waals surface area (Å²) >= 11 is 0. The van der Waals surface area contributed by atoms with Crippen LogP contribution >= 0.6 is 0 Å². The third kappa shape index (κ3) is 4.40. The molecule has 186 valence electrons. The molecule has 0 spiro atoms. The summed E-state index contributed by atoms with van der Waals surface area (Å²) < 4.78 is 14.3. The van der Waals surface area contributed by atoms with Gasteiger partial charge in [-0.25, -0.2) is 0 Å². The molecule has 1 heterocycles. The quantitative estimate of drug-likeness (QED) is 0.289. The number of fused-ring (bicyclic) bond motifs is 2. The Morgan fingerprint density at radius 1 is 0.629 bits per heavy atom. The van der Waals surface area contributed by atoms with E-state index in [1.165, 1.54) is 22.3 Å². The van der Waals surface area contributed by atoms with Crippen LogP contribution in [0.2, 0.25) is 0 Å². The van der Waals surface area contributed by atoms with E-state index < -0.39 is 0 Å². The van der Waals surface area contributed by atoms with Gasteiger partial charge in [-0.15, -0.1) is 0 Å². The summed E-state index contributed by atoms with van der Waals surface area (Å²) in [6.45, 7) is 6.54. The molecule has 0 fully saturated rings. The zero-order chi connectivity index (χ0) is 24.9. The summed E-state index contributed by atoms with van der Waals surface area (Å²) in [6.07, 6.45) is 0. The van der Waals surface area contributed by atoms with Gasteiger partial charge in [-0.1, -0.05) is 17.7 Å². The highest BCUT2D eigenvalue weighted by molar-refractivity contribution is 6.14. The number of aryl methyl sites for hydroxylation is 4. The van der Waals surface area contributed by atoms with E-state index in [0.717, 1.165) is 50.2 Å².